The second-order valence-corrected chi connectivity index (χ2v) is 4.25. The Kier molecular flexibility index (Phi) is 5.05. The predicted molar refractivity (Wildman–Crippen MR) is 78.6 cm³/mol. The van der Waals surface area contributed by atoms with Crippen molar-refractivity contribution < 1.29 is 9.53 Å². The van der Waals surface area contributed by atoms with E-state index in [9.17, 15) is 4.79 Å². The molecule has 2 aromatic rings. The molecule has 108 valence electrons. The molecule has 1 aromatic heterocycles. The largest absolute Gasteiger partial charge is 0.489 e. The molecule has 0 aliphatic heterocycles. The molecule has 0 aliphatic rings. The fourth-order valence-corrected chi connectivity index (χ4v) is 1.61. The minimum atomic E-state index is -0.501. The van der Waals surface area contributed by atoms with Crippen LogP contribution >= 0.6 is 11.6 Å². The van der Waals surface area contributed by atoms with E-state index in [1.54, 1.807) is 24.3 Å². The molecule has 21 heavy (non-hydrogen) atoms. The van der Waals surface area contributed by atoms with Crippen LogP contribution in [0.5, 0.6) is 5.75 Å². The highest BCUT2D eigenvalue weighted by Crippen LogP contribution is 2.21. The fraction of sp³-hybridized carbons (Fsp3) is 0.0769. The Morgan fingerprint density at radius 1 is 1.57 bits per heavy atom. The maximum Gasteiger partial charge on any atom is 0.308 e. The number of halogens is 1. The number of amides is 1. The van der Waals surface area contributed by atoms with E-state index in [4.69, 9.17) is 16.3 Å². The van der Waals surface area contributed by atoms with Crippen molar-refractivity contribution in [2.75, 3.05) is 6.61 Å². The Bertz CT molecular complexity index is 655. The van der Waals surface area contributed by atoms with Gasteiger partial charge in [-0.2, -0.15) is 10.2 Å². The van der Waals surface area contributed by atoms with E-state index in [0.29, 0.717) is 22.9 Å². The summed E-state index contributed by atoms with van der Waals surface area (Å²) in [6.45, 7) is 3.93. The van der Waals surface area contributed by atoms with Gasteiger partial charge in [0, 0.05) is 10.6 Å². The third kappa shape index (κ3) is 4.15. The van der Waals surface area contributed by atoms with Gasteiger partial charge < -0.3 is 4.74 Å². The smallest absolute Gasteiger partial charge is 0.308 e. The lowest BCUT2D eigenvalue weighted by molar-refractivity contribution is 0.0945. The zero-order valence-corrected chi connectivity index (χ0v) is 11.7. The number of hydrogen-bond donors (Lipinski definition) is 2. The summed E-state index contributed by atoms with van der Waals surface area (Å²) in [7, 11) is 0. The van der Waals surface area contributed by atoms with Gasteiger partial charge in [-0.1, -0.05) is 24.3 Å². The molecule has 0 spiro atoms. The maximum absolute atomic E-state index is 11.6. The first-order chi connectivity index (χ1) is 10.2. The van der Waals surface area contributed by atoms with Gasteiger partial charge in [-0.3, -0.25) is 9.89 Å². The molecule has 1 amide bonds. The number of carbonyl (C=O) groups excluding carboxylic acids is 1. The van der Waals surface area contributed by atoms with Gasteiger partial charge in [0.1, 0.15) is 18.7 Å². The number of nitrogens with one attached hydrogen (secondary N) is 2. The summed E-state index contributed by atoms with van der Waals surface area (Å²) < 4.78 is 5.46. The molecule has 0 saturated carbocycles. The summed E-state index contributed by atoms with van der Waals surface area (Å²) in [5, 5.41) is 10.4. The average molecular weight is 306 g/mol. The lowest BCUT2D eigenvalue weighted by atomic mass is 10.2. The molecular weight excluding hydrogens is 294 g/mol. The molecule has 0 bridgehead atoms. The number of hydrogen-bond acceptors (Lipinski definition) is 5. The molecule has 0 aliphatic carbocycles. The van der Waals surface area contributed by atoms with Crippen molar-refractivity contribution in [3.8, 4) is 5.75 Å². The number of nitrogens with zero attached hydrogens (tertiary/aromatic N) is 3. The Morgan fingerprint density at radius 3 is 3.14 bits per heavy atom. The molecule has 1 heterocycles. The van der Waals surface area contributed by atoms with E-state index in [2.05, 4.69) is 32.3 Å². The number of carbonyl (C=O) groups is 1. The van der Waals surface area contributed by atoms with Crippen molar-refractivity contribution in [2.45, 2.75) is 0 Å². The van der Waals surface area contributed by atoms with E-state index in [1.165, 1.54) is 12.5 Å². The first kappa shape index (κ1) is 14.7. The van der Waals surface area contributed by atoms with Crippen LogP contribution in [0.2, 0.25) is 5.02 Å². The van der Waals surface area contributed by atoms with Gasteiger partial charge in [-0.15, -0.1) is 0 Å². The second kappa shape index (κ2) is 7.20. The number of hydrazone groups is 1. The molecule has 8 heteroatoms. The van der Waals surface area contributed by atoms with E-state index >= 15 is 0 Å². The zero-order chi connectivity index (χ0) is 15.1. The highest BCUT2D eigenvalue weighted by molar-refractivity contribution is 6.30. The molecule has 0 fully saturated rings. The number of H-pyrrole nitrogens is 1. The number of benzene rings is 1. The van der Waals surface area contributed by atoms with Gasteiger partial charge in [-0.25, -0.2) is 10.4 Å². The molecule has 2 rings (SSSR count). The highest BCUT2D eigenvalue weighted by atomic mass is 35.5. The first-order valence-corrected chi connectivity index (χ1v) is 6.30. The summed E-state index contributed by atoms with van der Waals surface area (Å²) in [5.74, 6) is 0.151. The van der Waals surface area contributed by atoms with Crippen molar-refractivity contribution in [1.29, 1.82) is 0 Å². The normalized spacial score (nSPS) is 10.5. The quantitative estimate of drug-likeness (QED) is 0.483. The maximum atomic E-state index is 11.6. The summed E-state index contributed by atoms with van der Waals surface area (Å²) in [6, 6.07) is 5.08. The lowest BCUT2D eigenvalue weighted by Crippen LogP contribution is -2.19. The van der Waals surface area contributed by atoms with Crippen LogP contribution in [-0.4, -0.2) is 33.9 Å². The lowest BCUT2D eigenvalue weighted by Gasteiger charge is -2.07. The van der Waals surface area contributed by atoms with Gasteiger partial charge >= 0.3 is 5.91 Å². The monoisotopic (exact) mass is 305 g/mol. The Morgan fingerprint density at radius 2 is 2.43 bits per heavy atom. The third-order valence-electron chi connectivity index (χ3n) is 2.33. The van der Waals surface area contributed by atoms with Crippen LogP contribution in [-0.2, 0) is 0 Å². The van der Waals surface area contributed by atoms with E-state index < -0.39 is 5.91 Å². The van der Waals surface area contributed by atoms with Crippen molar-refractivity contribution in [1.82, 2.24) is 20.6 Å². The van der Waals surface area contributed by atoms with Crippen LogP contribution in [0.25, 0.3) is 0 Å². The molecule has 0 radical (unpaired) electrons. The van der Waals surface area contributed by atoms with Gasteiger partial charge in [-0.05, 0) is 18.2 Å². The van der Waals surface area contributed by atoms with Gasteiger partial charge in [0.25, 0.3) is 0 Å². The van der Waals surface area contributed by atoms with E-state index in [1.807, 2.05) is 0 Å². The molecule has 7 nitrogen and oxygen atoms in total. The Balaban J connectivity index is 2.07. The number of aromatic amines is 1. The third-order valence-corrected chi connectivity index (χ3v) is 2.56. The zero-order valence-electron chi connectivity index (χ0n) is 10.9. The fourth-order valence-electron chi connectivity index (χ4n) is 1.43. The topological polar surface area (TPSA) is 92.3 Å². The molecule has 2 N–H and O–H groups in total. The Hall–Kier alpha value is -2.67. The average Bonchev–Trinajstić information content (AvgIpc) is 3.00. The molecule has 0 saturated heterocycles. The molecule has 0 atom stereocenters. The van der Waals surface area contributed by atoms with E-state index in [-0.39, 0.29) is 5.82 Å². The van der Waals surface area contributed by atoms with Crippen LogP contribution in [0, 0.1) is 0 Å². The molecule has 1 aromatic carbocycles. The van der Waals surface area contributed by atoms with Gasteiger partial charge in [0.2, 0.25) is 5.82 Å². The molecule has 0 unspecified atom stereocenters. The minimum Gasteiger partial charge on any atom is -0.489 e. The molecular formula is C13H12ClN5O2. The number of ether oxygens (including phenoxy) is 1. The minimum absolute atomic E-state index is 0.0707. The predicted octanol–water partition coefficient (Wildman–Crippen LogP) is 1.79. The number of aromatic nitrogens is 3. The second-order valence-electron chi connectivity index (χ2n) is 3.82. The van der Waals surface area contributed by atoms with E-state index in [0.717, 1.165) is 0 Å². The Labute approximate surface area is 125 Å². The first-order valence-electron chi connectivity index (χ1n) is 5.92. The summed E-state index contributed by atoms with van der Waals surface area (Å²) in [5.41, 5.74) is 2.94. The van der Waals surface area contributed by atoms with Gasteiger partial charge in [0.05, 0.1) is 6.21 Å². The van der Waals surface area contributed by atoms with Crippen molar-refractivity contribution in [3.05, 3.63) is 53.6 Å². The summed E-state index contributed by atoms with van der Waals surface area (Å²) >= 11 is 5.93. The standard InChI is InChI=1S/C13H12ClN5O2/c1-2-5-21-11-4-3-10(14)6-9(11)7-16-19-13(20)12-15-8-17-18-12/h2-4,6-8H,1,5H2,(H,19,20)(H,15,17,18)/b16-7-. The highest BCUT2D eigenvalue weighted by Gasteiger charge is 2.07. The van der Waals surface area contributed by atoms with Gasteiger partial charge in [0.15, 0.2) is 0 Å². The van der Waals surface area contributed by atoms with Crippen LogP contribution in [0.1, 0.15) is 16.2 Å². The van der Waals surface area contributed by atoms with Crippen LogP contribution < -0.4 is 10.2 Å². The number of rotatable bonds is 6. The van der Waals surface area contributed by atoms with Crippen molar-refractivity contribution in [2.24, 2.45) is 5.10 Å². The van der Waals surface area contributed by atoms with Crippen molar-refractivity contribution in [3.63, 3.8) is 0 Å². The summed E-state index contributed by atoms with van der Waals surface area (Å²) in [4.78, 5) is 15.3. The van der Waals surface area contributed by atoms with Crippen molar-refractivity contribution >= 4 is 23.7 Å². The van der Waals surface area contributed by atoms with Crippen LogP contribution in [0.4, 0.5) is 0 Å². The van der Waals surface area contributed by atoms with Crippen LogP contribution in [0.15, 0.2) is 42.3 Å². The SMILES string of the molecule is C=CCOc1ccc(Cl)cc1/C=N\NC(=O)c1ncn[nH]1. The summed E-state index contributed by atoms with van der Waals surface area (Å²) in [6.07, 6.45) is 4.29. The van der Waals surface area contributed by atoms with Crippen LogP contribution in [0.3, 0.4) is 0 Å².